The standard InChI is InChI=1S/C25H26N4O2/c1-15-21-9-8-20-23(17-12-26-14-27-13-17)28-16(2)29-24(20)25(21,11-10-22(15)30)18-4-6-19(31-3)7-5-18/h4-7,12-15,21H,8-11H2,1-3H3/t15-,21-,25+/m0/s1. The second kappa shape index (κ2) is 7.52. The van der Waals surface area contributed by atoms with Crippen LogP contribution in [-0.4, -0.2) is 32.8 Å². The van der Waals surface area contributed by atoms with Crippen molar-refractivity contribution in [3.05, 3.63) is 65.6 Å². The Morgan fingerprint density at radius 3 is 2.52 bits per heavy atom. The van der Waals surface area contributed by atoms with Crippen molar-refractivity contribution in [1.29, 1.82) is 0 Å². The third-order valence-electron chi connectivity index (χ3n) is 7.20. The van der Waals surface area contributed by atoms with Gasteiger partial charge in [-0.25, -0.2) is 19.9 Å². The van der Waals surface area contributed by atoms with Crippen LogP contribution >= 0.6 is 0 Å². The molecule has 3 atom stereocenters. The summed E-state index contributed by atoms with van der Waals surface area (Å²) in [6.45, 7) is 4.03. The molecule has 3 aromatic rings. The molecule has 158 valence electrons. The molecule has 0 spiro atoms. The third kappa shape index (κ3) is 3.04. The number of rotatable bonds is 3. The number of hydrogen-bond donors (Lipinski definition) is 0. The number of Topliss-reactive ketones (excluding diaryl/α,β-unsaturated/α-hetero) is 1. The molecule has 0 bridgehead atoms. The van der Waals surface area contributed by atoms with E-state index in [0.29, 0.717) is 12.2 Å². The van der Waals surface area contributed by atoms with E-state index in [9.17, 15) is 4.79 Å². The number of methoxy groups -OCH3 is 1. The Labute approximate surface area is 182 Å². The highest BCUT2D eigenvalue weighted by Crippen LogP contribution is 2.55. The zero-order chi connectivity index (χ0) is 21.6. The van der Waals surface area contributed by atoms with Crippen molar-refractivity contribution < 1.29 is 9.53 Å². The first kappa shape index (κ1) is 19.8. The molecule has 6 heteroatoms. The van der Waals surface area contributed by atoms with Gasteiger partial charge in [-0.15, -0.1) is 0 Å². The first-order valence-corrected chi connectivity index (χ1v) is 10.8. The first-order valence-electron chi connectivity index (χ1n) is 10.8. The maximum absolute atomic E-state index is 12.7. The molecule has 2 aliphatic rings. The molecule has 2 aliphatic carbocycles. The first-order chi connectivity index (χ1) is 15.0. The van der Waals surface area contributed by atoms with Gasteiger partial charge in [0.15, 0.2) is 0 Å². The molecule has 0 amide bonds. The molecule has 1 aromatic carbocycles. The molecule has 0 saturated heterocycles. The number of carbonyl (C=O) groups excluding carboxylic acids is 1. The van der Waals surface area contributed by atoms with Crippen LogP contribution in [0.25, 0.3) is 11.3 Å². The van der Waals surface area contributed by atoms with Gasteiger partial charge in [-0.05, 0) is 49.8 Å². The lowest BCUT2D eigenvalue weighted by Gasteiger charge is -2.50. The fourth-order valence-corrected chi connectivity index (χ4v) is 5.72. The predicted octanol–water partition coefficient (Wildman–Crippen LogP) is 4.10. The zero-order valence-electron chi connectivity index (χ0n) is 18.1. The second-order valence-corrected chi connectivity index (χ2v) is 8.67. The van der Waals surface area contributed by atoms with Gasteiger partial charge in [0, 0.05) is 41.3 Å². The van der Waals surface area contributed by atoms with E-state index in [1.165, 1.54) is 11.9 Å². The number of ketones is 1. The van der Waals surface area contributed by atoms with E-state index in [1.54, 1.807) is 7.11 Å². The second-order valence-electron chi connectivity index (χ2n) is 8.67. The monoisotopic (exact) mass is 414 g/mol. The van der Waals surface area contributed by atoms with Crippen molar-refractivity contribution in [3.63, 3.8) is 0 Å². The fraction of sp³-hybridized carbons (Fsp3) is 0.400. The zero-order valence-corrected chi connectivity index (χ0v) is 18.1. The Balaban J connectivity index is 1.78. The average molecular weight is 415 g/mol. The number of nitrogens with zero attached hydrogens (tertiary/aromatic N) is 4. The van der Waals surface area contributed by atoms with Crippen LogP contribution in [0.2, 0.25) is 0 Å². The number of ether oxygens (including phenoxy) is 1. The average Bonchev–Trinajstić information content (AvgIpc) is 2.81. The van der Waals surface area contributed by atoms with Crippen molar-refractivity contribution in [3.8, 4) is 17.0 Å². The van der Waals surface area contributed by atoms with E-state index in [1.807, 2.05) is 31.5 Å². The van der Waals surface area contributed by atoms with Crippen molar-refractivity contribution in [1.82, 2.24) is 19.9 Å². The molecule has 2 heterocycles. The summed E-state index contributed by atoms with van der Waals surface area (Å²) in [4.78, 5) is 31.0. The Bertz CT molecular complexity index is 1130. The summed E-state index contributed by atoms with van der Waals surface area (Å²) >= 11 is 0. The van der Waals surface area contributed by atoms with Crippen molar-refractivity contribution >= 4 is 5.78 Å². The minimum atomic E-state index is -0.314. The number of fused-ring (bicyclic) bond motifs is 3. The summed E-state index contributed by atoms with van der Waals surface area (Å²) in [7, 11) is 1.68. The number of hydrogen-bond acceptors (Lipinski definition) is 6. The number of aromatic nitrogens is 4. The van der Waals surface area contributed by atoms with Gasteiger partial charge in [0.2, 0.25) is 0 Å². The number of carbonyl (C=O) groups is 1. The van der Waals surface area contributed by atoms with Crippen molar-refractivity contribution in [2.75, 3.05) is 7.11 Å². The molecule has 6 nitrogen and oxygen atoms in total. The van der Waals surface area contributed by atoms with E-state index in [0.717, 1.165) is 53.4 Å². The quantitative estimate of drug-likeness (QED) is 0.642. The molecule has 31 heavy (non-hydrogen) atoms. The number of aryl methyl sites for hydroxylation is 1. The Kier molecular flexibility index (Phi) is 4.80. The summed E-state index contributed by atoms with van der Waals surface area (Å²) in [5.41, 5.74) is 4.94. The maximum Gasteiger partial charge on any atom is 0.136 e. The Hall–Kier alpha value is -3.15. The van der Waals surface area contributed by atoms with Crippen LogP contribution in [0.3, 0.4) is 0 Å². The van der Waals surface area contributed by atoms with Gasteiger partial charge in [-0.1, -0.05) is 19.1 Å². The lowest BCUT2D eigenvalue weighted by Crippen LogP contribution is -2.50. The third-order valence-corrected chi connectivity index (χ3v) is 7.20. The summed E-state index contributed by atoms with van der Waals surface area (Å²) in [6.07, 6.45) is 8.27. The van der Waals surface area contributed by atoms with Crippen molar-refractivity contribution in [2.24, 2.45) is 11.8 Å². The maximum atomic E-state index is 12.7. The fourth-order valence-electron chi connectivity index (χ4n) is 5.72. The van der Waals surface area contributed by atoms with Gasteiger partial charge in [0.1, 0.15) is 23.7 Å². The van der Waals surface area contributed by atoms with Crippen LogP contribution in [-0.2, 0) is 16.6 Å². The van der Waals surface area contributed by atoms with Gasteiger partial charge in [0.25, 0.3) is 0 Å². The topological polar surface area (TPSA) is 77.9 Å². The minimum Gasteiger partial charge on any atom is -0.497 e. The lowest BCUT2D eigenvalue weighted by molar-refractivity contribution is -0.128. The van der Waals surface area contributed by atoms with Crippen LogP contribution in [0, 0.1) is 18.8 Å². The van der Waals surface area contributed by atoms with Gasteiger partial charge >= 0.3 is 0 Å². The highest BCUT2D eigenvalue weighted by molar-refractivity contribution is 5.83. The van der Waals surface area contributed by atoms with Gasteiger partial charge in [-0.2, -0.15) is 0 Å². The summed E-state index contributed by atoms with van der Waals surface area (Å²) < 4.78 is 5.40. The molecule has 5 rings (SSSR count). The van der Waals surface area contributed by atoms with Crippen LogP contribution in [0.15, 0.2) is 43.0 Å². The number of benzene rings is 1. The molecule has 1 fully saturated rings. The largest absolute Gasteiger partial charge is 0.497 e. The highest BCUT2D eigenvalue weighted by Gasteiger charge is 2.53. The van der Waals surface area contributed by atoms with E-state index >= 15 is 0 Å². The summed E-state index contributed by atoms with van der Waals surface area (Å²) in [6, 6.07) is 8.31. The molecule has 2 aromatic heterocycles. The lowest BCUT2D eigenvalue weighted by atomic mass is 9.52. The smallest absolute Gasteiger partial charge is 0.136 e. The Morgan fingerprint density at radius 2 is 1.81 bits per heavy atom. The summed E-state index contributed by atoms with van der Waals surface area (Å²) in [5, 5.41) is 0. The Morgan fingerprint density at radius 1 is 1.06 bits per heavy atom. The van der Waals surface area contributed by atoms with Gasteiger partial charge in [-0.3, -0.25) is 4.79 Å². The van der Waals surface area contributed by atoms with E-state index in [4.69, 9.17) is 14.7 Å². The van der Waals surface area contributed by atoms with Crippen LogP contribution in [0.4, 0.5) is 0 Å². The molecule has 0 aliphatic heterocycles. The SMILES string of the molecule is COc1ccc([C@]23CCC(=O)[C@@H](C)[C@@H]2CCc2c(-c4cncnc4)nc(C)nc23)cc1. The van der Waals surface area contributed by atoms with Gasteiger partial charge in [0.05, 0.1) is 18.5 Å². The normalized spacial score (nSPS) is 24.9. The van der Waals surface area contributed by atoms with E-state index < -0.39 is 0 Å². The van der Waals surface area contributed by atoms with Crippen LogP contribution in [0.5, 0.6) is 5.75 Å². The molecule has 0 N–H and O–H groups in total. The molecular formula is C25H26N4O2. The molecule has 0 radical (unpaired) electrons. The van der Waals surface area contributed by atoms with E-state index in [2.05, 4.69) is 29.0 Å². The summed E-state index contributed by atoms with van der Waals surface area (Å²) in [5.74, 6) is 2.14. The minimum absolute atomic E-state index is 0.00258. The molecular weight excluding hydrogens is 388 g/mol. The highest BCUT2D eigenvalue weighted by atomic mass is 16.5. The van der Waals surface area contributed by atoms with E-state index in [-0.39, 0.29) is 17.3 Å². The predicted molar refractivity (Wildman–Crippen MR) is 117 cm³/mol. The van der Waals surface area contributed by atoms with Crippen molar-refractivity contribution in [2.45, 2.75) is 44.9 Å². The van der Waals surface area contributed by atoms with Gasteiger partial charge < -0.3 is 4.74 Å². The molecule has 0 unspecified atom stereocenters. The van der Waals surface area contributed by atoms with Crippen LogP contribution in [0.1, 0.15) is 48.8 Å². The van der Waals surface area contributed by atoms with Crippen LogP contribution < -0.4 is 4.74 Å². The molecule has 1 saturated carbocycles.